The summed E-state index contributed by atoms with van der Waals surface area (Å²) < 4.78 is 25.1. The van der Waals surface area contributed by atoms with Crippen molar-refractivity contribution in [2.75, 3.05) is 24.1 Å². The summed E-state index contributed by atoms with van der Waals surface area (Å²) in [6.45, 7) is 4.08. The van der Waals surface area contributed by atoms with Gasteiger partial charge in [0.25, 0.3) is 5.91 Å². The van der Waals surface area contributed by atoms with Crippen LogP contribution in [0.2, 0.25) is 0 Å². The fourth-order valence-electron chi connectivity index (χ4n) is 2.70. The quantitative estimate of drug-likeness (QED) is 0.856. The third kappa shape index (κ3) is 4.01. The van der Waals surface area contributed by atoms with E-state index in [0.717, 1.165) is 6.26 Å². The monoisotopic (exact) mass is 340 g/mol. The molecule has 1 aliphatic heterocycles. The lowest BCUT2D eigenvalue weighted by Crippen LogP contribution is -2.30. The summed E-state index contributed by atoms with van der Waals surface area (Å²) in [7, 11) is -3.44. The van der Waals surface area contributed by atoms with Crippen LogP contribution in [0.3, 0.4) is 0 Å². The predicted octanol–water partition coefficient (Wildman–Crippen LogP) is 1.16. The molecule has 1 aromatic carbocycles. The smallest absolute Gasteiger partial charge is 0.308 e. The van der Waals surface area contributed by atoms with Crippen LogP contribution in [0.25, 0.3) is 0 Å². The van der Waals surface area contributed by atoms with Crippen molar-refractivity contribution >= 4 is 27.6 Å². The van der Waals surface area contributed by atoms with Crippen molar-refractivity contribution in [1.29, 1.82) is 0 Å². The molecule has 1 saturated heterocycles. The molecule has 1 heterocycles. The summed E-state index contributed by atoms with van der Waals surface area (Å²) in [5, 5.41) is 9.15. The lowest BCUT2D eigenvalue weighted by molar-refractivity contribution is -0.142. The topological polar surface area (TPSA) is 104 Å². The molecule has 0 unspecified atom stereocenters. The summed E-state index contributed by atoms with van der Waals surface area (Å²) in [5.41, 5.74) is 1.38. The van der Waals surface area contributed by atoms with Crippen LogP contribution in [0.4, 0.5) is 5.69 Å². The molecule has 8 heteroatoms. The van der Waals surface area contributed by atoms with Crippen LogP contribution in [-0.4, -0.2) is 49.6 Å². The molecule has 1 fully saturated rings. The predicted molar refractivity (Wildman–Crippen MR) is 85.8 cm³/mol. The first kappa shape index (κ1) is 17.3. The summed E-state index contributed by atoms with van der Waals surface area (Å²) in [6.07, 6.45) is 1.04. The van der Waals surface area contributed by atoms with Crippen molar-refractivity contribution in [3.05, 3.63) is 29.3 Å². The number of rotatable bonds is 4. The third-order valence-corrected chi connectivity index (χ3v) is 4.59. The number of anilines is 1. The number of nitrogens with one attached hydrogen (secondary N) is 1. The Morgan fingerprint density at radius 3 is 2.48 bits per heavy atom. The molecule has 1 amide bonds. The van der Waals surface area contributed by atoms with Crippen molar-refractivity contribution in [3.8, 4) is 0 Å². The molecule has 0 radical (unpaired) electrons. The molecule has 2 atom stereocenters. The maximum absolute atomic E-state index is 12.5. The van der Waals surface area contributed by atoms with Crippen LogP contribution in [-0.2, 0) is 14.8 Å². The minimum Gasteiger partial charge on any atom is -0.481 e. The number of carbonyl (C=O) groups is 2. The van der Waals surface area contributed by atoms with E-state index in [9.17, 15) is 18.0 Å². The zero-order chi connectivity index (χ0) is 17.4. The number of hydrogen-bond acceptors (Lipinski definition) is 4. The fourth-order valence-corrected chi connectivity index (χ4v) is 3.32. The lowest BCUT2D eigenvalue weighted by atomic mass is 9.99. The number of sulfonamides is 1. The van der Waals surface area contributed by atoms with Gasteiger partial charge in [-0.3, -0.25) is 14.3 Å². The molecule has 0 bridgehead atoms. The number of nitrogens with zero attached hydrogens (tertiary/aromatic N) is 1. The number of likely N-dealkylation sites (tertiary alicyclic amines) is 1. The van der Waals surface area contributed by atoms with E-state index < -0.39 is 21.9 Å². The van der Waals surface area contributed by atoms with Gasteiger partial charge in [0.05, 0.1) is 17.9 Å². The van der Waals surface area contributed by atoms with Crippen LogP contribution >= 0.6 is 0 Å². The highest BCUT2D eigenvalue weighted by Gasteiger charge is 2.37. The zero-order valence-electron chi connectivity index (χ0n) is 13.2. The van der Waals surface area contributed by atoms with Crippen molar-refractivity contribution in [2.24, 2.45) is 11.8 Å². The average Bonchev–Trinajstić information content (AvgIpc) is 2.81. The molecule has 0 aliphatic carbocycles. The molecule has 126 valence electrons. The van der Waals surface area contributed by atoms with Gasteiger partial charge in [-0.1, -0.05) is 13.0 Å². The van der Waals surface area contributed by atoms with Crippen LogP contribution in [0.1, 0.15) is 22.8 Å². The number of hydrogen-bond donors (Lipinski definition) is 2. The van der Waals surface area contributed by atoms with Crippen molar-refractivity contribution in [1.82, 2.24) is 4.90 Å². The second-order valence-electron chi connectivity index (χ2n) is 6.04. The van der Waals surface area contributed by atoms with E-state index in [4.69, 9.17) is 5.11 Å². The largest absolute Gasteiger partial charge is 0.481 e. The average molecular weight is 340 g/mol. The Kier molecular flexibility index (Phi) is 4.65. The van der Waals surface area contributed by atoms with Crippen LogP contribution < -0.4 is 4.72 Å². The van der Waals surface area contributed by atoms with Crippen LogP contribution in [0, 0.1) is 18.8 Å². The van der Waals surface area contributed by atoms with Gasteiger partial charge in [-0.05, 0) is 30.5 Å². The molecule has 2 rings (SSSR count). The van der Waals surface area contributed by atoms with Crippen molar-refractivity contribution in [3.63, 3.8) is 0 Å². The first-order chi connectivity index (χ1) is 10.6. The highest BCUT2D eigenvalue weighted by Crippen LogP contribution is 2.26. The molecule has 0 saturated carbocycles. The van der Waals surface area contributed by atoms with Gasteiger partial charge in [-0.25, -0.2) is 8.42 Å². The molecular formula is C15H20N2O5S. The molecule has 23 heavy (non-hydrogen) atoms. The van der Waals surface area contributed by atoms with Crippen molar-refractivity contribution < 1.29 is 23.1 Å². The maximum atomic E-state index is 12.5. The Labute approximate surface area is 135 Å². The number of carboxylic acid groups (broad SMARTS) is 1. The number of aryl methyl sites for hydroxylation is 1. The summed E-state index contributed by atoms with van der Waals surface area (Å²) in [5.74, 6) is -1.89. The zero-order valence-corrected chi connectivity index (χ0v) is 14.1. The Balaban J connectivity index is 2.24. The van der Waals surface area contributed by atoms with E-state index >= 15 is 0 Å². The van der Waals surface area contributed by atoms with E-state index in [2.05, 4.69) is 4.72 Å². The third-order valence-electron chi connectivity index (χ3n) is 4.00. The van der Waals surface area contributed by atoms with E-state index in [1.165, 1.54) is 11.0 Å². The minimum atomic E-state index is -3.44. The van der Waals surface area contributed by atoms with Gasteiger partial charge < -0.3 is 10.0 Å². The highest BCUT2D eigenvalue weighted by molar-refractivity contribution is 7.92. The van der Waals surface area contributed by atoms with E-state index in [0.29, 0.717) is 23.4 Å². The standard InChI is InChI=1S/C15H20N2O5S/c1-9-4-5-11(6-13(9)16-23(3,21)22)14(18)17-7-10(2)12(8-17)15(19)20/h4-6,10,12,16H,7-8H2,1-3H3,(H,19,20)/t10-,12-/m1/s1. The van der Waals surface area contributed by atoms with E-state index in [1.807, 2.05) is 0 Å². The second-order valence-corrected chi connectivity index (χ2v) is 7.78. The first-order valence-corrected chi connectivity index (χ1v) is 9.08. The van der Waals surface area contributed by atoms with Gasteiger partial charge in [0, 0.05) is 18.7 Å². The molecule has 2 N–H and O–H groups in total. The first-order valence-electron chi connectivity index (χ1n) is 7.19. The fraction of sp³-hybridized carbons (Fsp3) is 0.467. The second kappa shape index (κ2) is 6.19. The van der Waals surface area contributed by atoms with Crippen LogP contribution in [0.5, 0.6) is 0 Å². The number of carbonyl (C=O) groups excluding carboxylic acids is 1. The number of amides is 1. The van der Waals surface area contributed by atoms with Crippen molar-refractivity contribution in [2.45, 2.75) is 13.8 Å². The van der Waals surface area contributed by atoms with Gasteiger partial charge >= 0.3 is 5.97 Å². The molecule has 1 aromatic rings. The highest BCUT2D eigenvalue weighted by atomic mass is 32.2. The van der Waals surface area contributed by atoms with Gasteiger partial charge in [0.1, 0.15) is 0 Å². The Bertz CT molecular complexity index is 744. The van der Waals surface area contributed by atoms with Gasteiger partial charge in [-0.15, -0.1) is 0 Å². The SMILES string of the molecule is Cc1ccc(C(=O)N2C[C@@H](C)[C@H](C(=O)O)C2)cc1NS(C)(=O)=O. The summed E-state index contributed by atoms with van der Waals surface area (Å²) in [6, 6.07) is 4.76. The Morgan fingerprint density at radius 2 is 1.96 bits per heavy atom. The van der Waals surface area contributed by atoms with Gasteiger partial charge in [0.2, 0.25) is 10.0 Å². The lowest BCUT2D eigenvalue weighted by Gasteiger charge is -2.17. The Morgan fingerprint density at radius 1 is 1.30 bits per heavy atom. The molecule has 1 aliphatic rings. The van der Waals surface area contributed by atoms with Gasteiger partial charge in [0.15, 0.2) is 0 Å². The van der Waals surface area contributed by atoms with E-state index in [1.54, 1.807) is 26.0 Å². The van der Waals surface area contributed by atoms with Gasteiger partial charge in [-0.2, -0.15) is 0 Å². The van der Waals surface area contributed by atoms with E-state index in [-0.39, 0.29) is 18.4 Å². The summed E-state index contributed by atoms with van der Waals surface area (Å²) in [4.78, 5) is 25.2. The molecule has 7 nitrogen and oxygen atoms in total. The summed E-state index contributed by atoms with van der Waals surface area (Å²) >= 11 is 0. The molecule has 0 spiro atoms. The maximum Gasteiger partial charge on any atom is 0.308 e. The Hall–Kier alpha value is -2.09. The molecule has 0 aromatic heterocycles. The molecular weight excluding hydrogens is 320 g/mol. The number of aliphatic carboxylic acids is 1. The number of benzene rings is 1. The number of carboxylic acids is 1. The van der Waals surface area contributed by atoms with Crippen LogP contribution in [0.15, 0.2) is 18.2 Å². The normalized spacial score (nSPS) is 21.3. The minimum absolute atomic E-state index is 0.115.